The second-order valence-electron chi connectivity index (χ2n) is 15.2. The van der Waals surface area contributed by atoms with Crippen LogP contribution < -0.4 is 0 Å². The molecule has 0 saturated carbocycles. The van der Waals surface area contributed by atoms with Crippen LogP contribution >= 0.6 is 0 Å². The van der Waals surface area contributed by atoms with Crippen LogP contribution in [0.3, 0.4) is 0 Å². The molecule has 0 fully saturated rings. The first-order valence-corrected chi connectivity index (χ1v) is 21.6. The van der Waals surface area contributed by atoms with E-state index in [2.05, 4.69) is 13.8 Å². The van der Waals surface area contributed by atoms with E-state index < -0.39 is 48.9 Å². The summed E-state index contributed by atoms with van der Waals surface area (Å²) in [7, 11) is 0. The van der Waals surface area contributed by atoms with Gasteiger partial charge in [-0.15, -0.1) is 0 Å². The van der Waals surface area contributed by atoms with E-state index in [-0.39, 0.29) is 12.8 Å². The summed E-state index contributed by atoms with van der Waals surface area (Å²) in [5, 5.41) is 60.9. The number of carbonyl (C=O) groups is 2. The molecule has 4 atom stereocenters. The summed E-state index contributed by atoms with van der Waals surface area (Å²) in [4.78, 5) is 25.3. The Balaban J connectivity index is 4.45. The molecule has 0 aliphatic heterocycles. The number of aliphatic hydroxyl groups excluding tert-OH is 5. The Hall–Kier alpha value is -1.30. The molecule has 0 aromatic heterocycles. The van der Waals surface area contributed by atoms with Crippen molar-refractivity contribution in [2.45, 2.75) is 250 Å². The van der Waals surface area contributed by atoms with Crippen LogP contribution in [0.1, 0.15) is 219 Å². The lowest BCUT2D eigenvalue weighted by Gasteiger charge is -2.35. The molecule has 0 aromatic rings. The molecule has 0 amide bonds. The maximum absolute atomic E-state index is 12.7. The molecule has 0 unspecified atom stereocenters. The first-order valence-electron chi connectivity index (χ1n) is 21.6. The third-order valence-electron chi connectivity index (χ3n) is 10.1. The van der Waals surface area contributed by atoms with Crippen molar-refractivity contribution in [3.63, 3.8) is 0 Å². The van der Waals surface area contributed by atoms with Gasteiger partial charge in [0.2, 0.25) is 0 Å². The van der Waals surface area contributed by atoms with Crippen molar-refractivity contribution in [3.8, 4) is 0 Å². The smallest absolute Gasteiger partial charge is 0.396 e. The molecule has 6 N–H and O–H groups in total. The topological polar surface area (TPSA) is 174 Å². The number of hydrogen-bond acceptors (Lipinski definition) is 10. The van der Waals surface area contributed by atoms with Crippen LogP contribution in [0.5, 0.6) is 0 Å². The van der Waals surface area contributed by atoms with Crippen LogP contribution in [-0.2, 0) is 19.1 Å². The second-order valence-corrected chi connectivity index (χ2v) is 15.2. The van der Waals surface area contributed by atoms with Gasteiger partial charge in [-0.3, -0.25) is 9.59 Å². The largest absolute Gasteiger partial charge is 0.403 e. The van der Waals surface area contributed by atoms with E-state index in [0.717, 1.165) is 51.4 Å². The molecule has 0 aromatic carbocycles. The highest BCUT2D eigenvalue weighted by Gasteiger charge is 2.51. The van der Waals surface area contributed by atoms with Crippen LogP contribution in [0.2, 0.25) is 0 Å². The Bertz CT molecular complexity index is 762. The van der Waals surface area contributed by atoms with Gasteiger partial charge in [0.05, 0.1) is 6.61 Å². The molecule has 0 spiro atoms. The Morgan fingerprint density at radius 2 is 0.692 bits per heavy atom. The SMILES string of the molecule is CCCCCCCCCCCCCCCCCC(=O)OC(O)(OC(=O)CCCCCCCCCCCCCCCCC)[C@H](O)[C@H](O)[C@H](O)[C@@H](O)CO. The minimum absolute atomic E-state index is 0.109. The van der Waals surface area contributed by atoms with Crippen LogP contribution in [-0.4, -0.2) is 79.6 Å². The van der Waals surface area contributed by atoms with E-state index in [9.17, 15) is 35.1 Å². The molecular formula is C42H82O10. The lowest BCUT2D eigenvalue weighted by Crippen LogP contribution is -2.59. The van der Waals surface area contributed by atoms with Crippen molar-refractivity contribution >= 4 is 11.9 Å². The molecule has 10 nitrogen and oxygen atoms in total. The average molecular weight is 747 g/mol. The number of carbonyl (C=O) groups excluding carboxylic acids is 2. The molecule has 0 rings (SSSR count). The third-order valence-corrected chi connectivity index (χ3v) is 10.1. The van der Waals surface area contributed by atoms with Gasteiger partial charge in [-0.05, 0) is 12.8 Å². The lowest BCUT2D eigenvalue weighted by atomic mass is 10.0. The fourth-order valence-electron chi connectivity index (χ4n) is 6.59. The zero-order valence-corrected chi connectivity index (χ0v) is 33.5. The number of rotatable bonds is 39. The zero-order chi connectivity index (χ0) is 38.7. The normalized spacial score (nSPS) is 14.2. The quantitative estimate of drug-likeness (QED) is 0.0203. The molecule has 0 heterocycles. The predicted molar refractivity (Wildman–Crippen MR) is 207 cm³/mol. The maximum Gasteiger partial charge on any atom is 0.403 e. The maximum atomic E-state index is 12.7. The summed E-state index contributed by atoms with van der Waals surface area (Å²) >= 11 is 0. The zero-order valence-electron chi connectivity index (χ0n) is 33.5. The molecule has 0 bridgehead atoms. The van der Waals surface area contributed by atoms with Gasteiger partial charge >= 0.3 is 17.9 Å². The van der Waals surface area contributed by atoms with Gasteiger partial charge in [-0.2, -0.15) is 0 Å². The Morgan fingerprint density at radius 1 is 0.442 bits per heavy atom. The average Bonchev–Trinajstić information content (AvgIpc) is 3.13. The van der Waals surface area contributed by atoms with E-state index in [0.29, 0.717) is 12.8 Å². The highest BCUT2D eigenvalue weighted by molar-refractivity contribution is 5.71. The van der Waals surface area contributed by atoms with Crippen LogP contribution in [0.15, 0.2) is 0 Å². The van der Waals surface area contributed by atoms with E-state index in [1.54, 1.807) is 0 Å². The molecule has 52 heavy (non-hydrogen) atoms. The predicted octanol–water partition coefficient (Wildman–Crippen LogP) is 8.68. The first kappa shape index (κ1) is 50.7. The van der Waals surface area contributed by atoms with E-state index in [1.165, 1.54) is 128 Å². The van der Waals surface area contributed by atoms with Crippen LogP contribution in [0.4, 0.5) is 0 Å². The molecule has 0 aliphatic rings. The number of hydrogen-bond donors (Lipinski definition) is 6. The fraction of sp³-hybridized carbons (Fsp3) is 0.952. The molecule has 310 valence electrons. The first-order chi connectivity index (χ1) is 25.1. The van der Waals surface area contributed by atoms with Crippen molar-refractivity contribution in [1.82, 2.24) is 0 Å². The second kappa shape index (κ2) is 35.4. The van der Waals surface area contributed by atoms with E-state index >= 15 is 0 Å². The summed E-state index contributed by atoms with van der Waals surface area (Å²) in [5.41, 5.74) is 0. The minimum Gasteiger partial charge on any atom is -0.396 e. The van der Waals surface area contributed by atoms with Crippen molar-refractivity contribution in [1.29, 1.82) is 0 Å². The molecule has 0 aliphatic carbocycles. The monoisotopic (exact) mass is 747 g/mol. The minimum atomic E-state index is -3.28. The highest BCUT2D eigenvalue weighted by Crippen LogP contribution is 2.24. The molecule has 0 radical (unpaired) electrons. The molecular weight excluding hydrogens is 664 g/mol. The van der Waals surface area contributed by atoms with Crippen molar-refractivity contribution in [2.75, 3.05) is 6.61 Å². The number of esters is 2. The summed E-state index contributed by atoms with van der Waals surface area (Å²) < 4.78 is 10.0. The summed E-state index contributed by atoms with van der Waals surface area (Å²) in [6.07, 6.45) is 25.8. The summed E-state index contributed by atoms with van der Waals surface area (Å²) in [6, 6.07) is 0. The summed E-state index contributed by atoms with van der Waals surface area (Å²) in [5.74, 6) is -5.17. The van der Waals surface area contributed by atoms with Gasteiger partial charge in [0.25, 0.3) is 0 Å². The van der Waals surface area contributed by atoms with Crippen LogP contribution in [0, 0.1) is 0 Å². The fourth-order valence-corrected chi connectivity index (χ4v) is 6.59. The number of unbranched alkanes of at least 4 members (excludes halogenated alkanes) is 28. The van der Waals surface area contributed by atoms with Gasteiger partial charge in [0, 0.05) is 12.8 Å². The Labute approximate surface area is 317 Å². The molecule has 0 saturated heterocycles. The van der Waals surface area contributed by atoms with Crippen molar-refractivity contribution < 1.29 is 49.7 Å². The number of ether oxygens (including phenoxy) is 2. The lowest BCUT2D eigenvalue weighted by molar-refractivity contribution is -0.375. The van der Waals surface area contributed by atoms with E-state index in [4.69, 9.17) is 14.6 Å². The van der Waals surface area contributed by atoms with Crippen molar-refractivity contribution in [3.05, 3.63) is 0 Å². The van der Waals surface area contributed by atoms with Gasteiger partial charge in [0.15, 0.2) is 6.10 Å². The highest BCUT2D eigenvalue weighted by atomic mass is 16.8. The van der Waals surface area contributed by atoms with Gasteiger partial charge in [-0.1, -0.05) is 194 Å². The Morgan fingerprint density at radius 3 is 0.942 bits per heavy atom. The van der Waals surface area contributed by atoms with Gasteiger partial charge < -0.3 is 40.1 Å². The standard InChI is InChI=1S/C42H82O10/c1-3-5-7-9-11-13-15-17-19-21-23-25-27-29-31-33-37(45)51-42(50,41(49)40(48)39(47)36(44)35-43)52-38(46)34-32-30-28-26-24-22-20-18-16-14-12-10-8-6-4-2/h36,39-41,43-44,47-50H,3-35H2,1-2H3/t36-,39+,40+,41+/m0/s1. The number of aliphatic hydroxyl groups is 6. The molecule has 10 heteroatoms. The van der Waals surface area contributed by atoms with Gasteiger partial charge in [-0.25, -0.2) is 0 Å². The summed E-state index contributed by atoms with van der Waals surface area (Å²) in [6.45, 7) is 3.53. The van der Waals surface area contributed by atoms with Crippen LogP contribution in [0.25, 0.3) is 0 Å². The Kier molecular flexibility index (Phi) is 34.5. The van der Waals surface area contributed by atoms with E-state index in [1.807, 2.05) is 0 Å². The van der Waals surface area contributed by atoms with Crippen molar-refractivity contribution in [2.24, 2.45) is 0 Å². The third kappa shape index (κ3) is 28.2. The van der Waals surface area contributed by atoms with Gasteiger partial charge in [0.1, 0.15) is 18.3 Å².